The molecule has 0 amide bonds. The van der Waals surface area contributed by atoms with E-state index in [1.807, 2.05) is 11.3 Å². The van der Waals surface area contributed by atoms with Gasteiger partial charge in [-0.15, -0.1) is 11.3 Å². The Balaban J connectivity index is 0.937. The summed E-state index contributed by atoms with van der Waals surface area (Å²) in [7, 11) is 0. The lowest BCUT2D eigenvalue weighted by Crippen LogP contribution is -2.24. The van der Waals surface area contributed by atoms with Crippen LogP contribution in [0.2, 0.25) is 0 Å². The Morgan fingerprint density at radius 1 is 0.351 bits per heavy atom. The number of hydrogen-bond acceptors (Lipinski definition) is 4. The smallest absolute Gasteiger partial charge is 0.163 e. The summed E-state index contributed by atoms with van der Waals surface area (Å²) >= 11 is 1.86. The molecule has 0 bridgehead atoms. The average Bonchev–Trinajstić information content (AvgIpc) is 4.02. The summed E-state index contributed by atoms with van der Waals surface area (Å²) in [4.78, 5) is 16.4. The van der Waals surface area contributed by atoms with Gasteiger partial charge >= 0.3 is 0 Å². The minimum atomic E-state index is -0.0956. The van der Waals surface area contributed by atoms with E-state index < -0.39 is 0 Å². The highest BCUT2D eigenvalue weighted by atomic mass is 32.1. The van der Waals surface area contributed by atoms with Crippen LogP contribution in [-0.4, -0.2) is 19.5 Å². The molecule has 13 aromatic rings. The second kappa shape index (κ2) is 18.4. The van der Waals surface area contributed by atoms with E-state index in [9.17, 15) is 0 Å². The molecule has 1 atom stereocenters. The Morgan fingerprint density at radius 3 is 1.34 bits per heavy atom. The molecule has 74 heavy (non-hydrogen) atoms. The minimum Gasteiger partial charge on any atom is -0.309 e. The van der Waals surface area contributed by atoms with Crippen LogP contribution in [0.1, 0.15) is 18.2 Å². The molecule has 0 fully saturated rings. The van der Waals surface area contributed by atoms with Crippen molar-refractivity contribution in [2.24, 2.45) is 0 Å². The number of benzene rings is 10. The van der Waals surface area contributed by atoms with E-state index in [2.05, 4.69) is 265 Å². The van der Waals surface area contributed by atoms with Crippen molar-refractivity contribution in [2.45, 2.75) is 12.3 Å². The number of hydrogen-bond donors (Lipinski definition) is 0. The number of nitrogens with zero attached hydrogens (tertiary/aromatic N) is 4. The third-order valence-electron chi connectivity index (χ3n) is 14.5. The molecular formula is C69H46N4S. The van der Waals surface area contributed by atoms with Crippen LogP contribution >= 0.6 is 11.3 Å². The normalized spacial score (nSPS) is 13.2. The maximum atomic E-state index is 5.49. The fourth-order valence-electron chi connectivity index (χ4n) is 10.8. The van der Waals surface area contributed by atoms with Crippen molar-refractivity contribution in [3.63, 3.8) is 0 Å². The summed E-state index contributed by atoms with van der Waals surface area (Å²) in [6.45, 7) is 0. The monoisotopic (exact) mass is 962 g/mol. The molecule has 348 valence electrons. The predicted molar refractivity (Wildman–Crippen MR) is 310 cm³/mol. The van der Waals surface area contributed by atoms with Gasteiger partial charge in [0.05, 0.1) is 11.0 Å². The lowest BCUT2D eigenvalue weighted by molar-refractivity contribution is 0.810. The molecule has 1 unspecified atom stereocenters. The van der Waals surface area contributed by atoms with Crippen molar-refractivity contribution < 1.29 is 0 Å². The zero-order valence-corrected chi connectivity index (χ0v) is 41.1. The van der Waals surface area contributed by atoms with Gasteiger partial charge in [-0.05, 0) is 146 Å². The first-order valence-electron chi connectivity index (χ1n) is 25.3. The lowest BCUT2D eigenvalue weighted by atomic mass is 9.94. The van der Waals surface area contributed by atoms with Gasteiger partial charge in [0.2, 0.25) is 0 Å². The summed E-state index contributed by atoms with van der Waals surface area (Å²) in [6, 6.07) is 89.2. The third-order valence-corrected chi connectivity index (χ3v) is 15.7. The molecule has 0 spiro atoms. The van der Waals surface area contributed by atoms with Crippen LogP contribution in [0, 0.1) is 0 Å². The molecule has 1 aliphatic rings. The molecule has 3 heterocycles. The van der Waals surface area contributed by atoms with E-state index in [0.29, 0.717) is 11.6 Å². The fourth-order valence-corrected chi connectivity index (χ4v) is 12.0. The average molecular weight is 963 g/mol. The first-order chi connectivity index (χ1) is 36.6. The molecule has 5 heteroatoms. The standard InChI is InChI=1S/C69H46N4S/c1-6-18-45(19-7-1)52-36-53(46-20-8-2-9-21-46)39-56(38-52)68-70-67(71-69(72-68)57-40-54(47-22-10-3-11-23-47)37-55(41-57)48-24-12-4-13-25-48)51-32-35-66-62(44-51)61-43-50(31-34-65(61)74-66)49-30-33-64-60(42-49)59-28-16-17-29-63(59)73(64)58-26-14-5-15-27-58/h1-31,33-44,51H,32H2. The Bertz CT molecular complexity index is 4110. The van der Waals surface area contributed by atoms with E-state index in [0.717, 1.165) is 73.6 Å². The third kappa shape index (κ3) is 8.01. The first kappa shape index (κ1) is 43.5. The van der Waals surface area contributed by atoms with Gasteiger partial charge < -0.3 is 4.57 Å². The molecule has 0 saturated heterocycles. The molecule has 0 N–H and O–H groups in total. The number of thiophene rings is 1. The Hall–Kier alpha value is -9.29. The maximum absolute atomic E-state index is 5.49. The molecule has 0 radical (unpaired) electrons. The van der Waals surface area contributed by atoms with E-state index in [1.54, 1.807) is 0 Å². The summed E-state index contributed by atoms with van der Waals surface area (Å²) < 4.78 is 4.93. The van der Waals surface area contributed by atoms with Crippen LogP contribution in [0.3, 0.4) is 0 Å². The number of rotatable bonds is 9. The Morgan fingerprint density at radius 2 is 0.797 bits per heavy atom. The Labute approximate surface area is 433 Å². The largest absolute Gasteiger partial charge is 0.309 e. The van der Waals surface area contributed by atoms with Gasteiger partial charge in [0.15, 0.2) is 11.6 Å². The highest BCUT2D eigenvalue weighted by Gasteiger charge is 2.22. The van der Waals surface area contributed by atoms with Gasteiger partial charge in [-0.3, -0.25) is 0 Å². The molecule has 3 aromatic heterocycles. The second-order valence-corrected chi connectivity index (χ2v) is 20.2. The lowest BCUT2D eigenvalue weighted by Gasteiger charge is -2.17. The molecule has 4 nitrogen and oxygen atoms in total. The summed E-state index contributed by atoms with van der Waals surface area (Å²) in [5.74, 6) is 1.95. The van der Waals surface area contributed by atoms with E-state index in [4.69, 9.17) is 15.0 Å². The topological polar surface area (TPSA) is 43.6 Å². The first-order valence-corrected chi connectivity index (χ1v) is 26.1. The fraction of sp³-hybridized carbons (Fsp3) is 0.0290. The van der Waals surface area contributed by atoms with E-state index >= 15 is 0 Å². The quantitative estimate of drug-likeness (QED) is 0.145. The van der Waals surface area contributed by atoms with Crippen LogP contribution < -0.4 is 9.75 Å². The van der Waals surface area contributed by atoms with Crippen LogP contribution in [-0.2, 0) is 0 Å². The number of para-hydroxylation sites is 2. The van der Waals surface area contributed by atoms with Gasteiger partial charge in [0.25, 0.3) is 0 Å². The van der Waals surface area contributed by atoms with Crippen molar-refractivity contribution in [1.29, 1.82) is 0 Å². The minimum absolute atomic E-state index is 0.0956. The number of aromatic nitrogens is 4. The van der Waals surface area contributed by atoms with Crippen molar-refractivity contribution in [2.75, 3.05) is 0 Å². The zero-order chi connectivity index (χ0) is 49.0. The van der Waals surface area contributed by atoms with Crippen molar-refractivity contribution in [1.82, 2.24) is 19.5 Å². The summed E-state index contributed by atoms with van der Waals surface area (Å²) in [6.07, 6.45) is 5.59. The summed E-state index contributed by atoms with van der Waals surface area (Å²) in [5.41, 5.74) is 16.8. The van der Waals surface area contributed by atoms with Crippen LogP contribution in [0.15, 0.2) is 249 Å². The van der Waals surface area contributed by atoms with E-state index in [-0.39, 0.29) is 5.92 Å². The van der Waals surface area contributed by atoms with Crippen LogP contribution in [0.5, 0.6) is 0 Å². The molecule has 0 aliphatic heterocycles. The maximum Gasteiger partial charge on any atom is 0.163 e. The molecule has 0 saturated carbocycles. The predicted octanol–water partition coefficient (Wildman–Crippen LogP) is 16.6. The van der Waals surface area contributed by atoms with Crippen molar-refractivity contribution in [3.8, 4) is 84.1 Å². The van der Waals surface area contributed by atoms with Gasteiger partial charge in [0, 0.05) is 48.1 Å². The summed E-state index contributed by atoms with van der Waals surface area (Å²) in [5, 5.41) is 4.97. The van der Waals surface area contributed by atoms with Crippen molar-refractivity contribution >= 4 is 55.4 Å². The zero-order valence-electron chi connectivity index (χ0n) is 40.3. The number of fused-ring (bicyclic) bond motifs is 6. The van der Waals surface area contributed by atoms with E-state index in [1.165, 1.54) is 52.8 Å². The molecule has 1 aliphatic carbocycles. The highest BCUT2D eigenvalue weighted by Crippen LogP contribution is 2.39. The molecular weight excluding hydrogens is 917 g/mol. The van der Waals surface area contributed by atoms with Gasteiger partial charge in [-0.1, -0.05) is 182 Å². The van der Waals surface area contributed by atoms with Gasteiger partial charge in [0.1, 0.15) is 5.82 Å². The Kier molecular flexibility index (Phi) is 10.8. The molecule has 14 rings (SSSR count). The van der Waals surface area contributed by atoms with Gasteiger partial charge in [-0.25, -0.2) is 15.0 Å². The van der Waals surface area contributed by atoms with Crippen LogP contribution in [0.4, 0.5) is 0 Å². The van der Waals surface area contributed by atoms with Crippen LogP contribution in [0.25, 0.3) is 128 Å². The van der Waals surface area contributed by atoms with Gasteiger partial charge in [-0.2, -0.15) is 0 Å². The SMILES string of the molecule is C1=c2sc3ccc(-c4ccc5c(c4)c4ccccc4n5-c4ccccc4)cc3c2=CC(c2nc(-c3cc(-c4ccccc4)cc(-c4ccccc4)c3)nc(-c3cc(-c4ccccc4)cc(-c4ccccc4)c3)n2)C1. The van der Waals surface area contributed by atoms with Crippen molar-refractivity contribution in [3.05, 3.63) is 264 Å². The highest BCUT2D eigenvalue weighted by molar-refractivity contribution is 7.17. The molecule has 10 aromatic carbocycles. The second-order valence-electron chi connectivity index (χ2n) is 19.1.